The van der Waals surface area contributed by atoms with Crippen molar-refractivity contribution in [3.8, 4) is 82.9 Å². The van der Waals surface area contributed by atoms with E-state index in [1.165, 1.54) is 0 Å². The van der Waals surface area contributed by atoms with Gasteiger partial charge in [-0.05, 0) is 110 Å². The van der Waals surface area contributed by atoms with E-state index >= 15 is 0 Å². The number of rotatable bonds is 6. The van der Waals surface area contributed by atoms with Crippen molar-refractivity contribution in [2.45, 2.75) is 65.7 Å². The predicted octanol–water partition coefficient (Wildman–Crippen LogP) is 4.84. The highest BCUT2D eigenvalue weighted by molar-refractivity contribution is 6.38. The fraction of sp³-hybridized carbons (Fsp3) is 0.394. The minimum Gasteiger partial charge on any atom is -0.339 e. The average molecular weight is 667 g/mol. The first-order chi connectivity index (χ1) is 23.2. The van der Waals surface area contributed by atoms with E-state index in [2.05, 4.69) is 150 Å². The first kappa shape index (κ1) is 39.3. The van der Waals surface area contributed by atoms with Crippen LogP contribution in [0.5, 0.6) is 0 Å². The maximum Gasteiger partial charge on any atom is 0.270 e. The Morgan fingerprint density at radius 2 is 1.71 bits per heavy atom. The standard InChI is InChI=1S/C17H25N5O2.C16H6.H3N5O3.8H2/c1-11(2)9-15-18-16(24-21-15)13-5-4-8-22(10-13)17(23)14-7-6-12(3)19-20-14;1-3-5-7-9-11-13-15-16-14-12-10-8-6-4-2;1-2-3-4-5(6)8-7;;;;;;;;/h11,13,19H,3-10H2,1-2H3;1-2H3;7H,(H2,1,3);8*1H. The molecule has 1 aromatic heterocycles. The zero-order valence-electron chi connectivity index (χ0n) is 27.0. The molecule has 0 saturated carbocycles. The molecule has 2 aliphatic rings. The Hall–Kier alpha value is -6.70. The molecule has 4 N–H and O–H groups in total. The van der Waals surface area contributed by atoms with Gasteiger partial charge in [0, 0.05) is 43.0 Å². The average Bonchev–Trinajstić information content (AvgIpc) is 3.56. The number of hydrogen-bond donors (Lipinski definition) is 3. The Labute approximate surface area is 291 Å². The van der Waals surface area contributed by atoms with Gasteiger partial charge in [-0.15, -0.1) is 0 Å². The molecule has 262 valence electrons. The van der Waals surface area contributed by atoms with Crippen LogP contribution in [-0.4, -0.2) is 50.0 Å². The lowest BCUT2D eigenvalue weighted by atomic mass is 9.97. The number of hydrogen-bond acceptors (Lipinski definition) is 10. The molecule has 48 heavy (non-hydrogen) atoms. The molecular weight excluding hydrogens is 616 g/mol. The van der Waals surface area contributed by atoms with Crippen LogP contribution in [-0.2, 0) is 16.2 Å². The number of hydrazone groups is 1. The topological polar surface area (TPSA) is 202 Å². The molecular formula is C33H50N10O5. The Morgan fingerprint density at radius 3 is 2.19 bits per heavy atom. The summed E-state index contributed by atoms with van der Waals surface area (Å²) in [5.41, 5.74) is 4.25. The molecule has 0 bridgehead atoms. The molecule has 15 nitrogen and oxygen atoms in total. The van der Waals surface area contributed by atoms with Crippen molar-refractivity contribution in [3.63, 3.8) is 0 Å². The van der Waals surface area contributed by atoms with Crippen LogP contribution in [0.15, 0.2) is 37.6 Å². The number of nitrogens with one attached hydrogen (secondary N) is 1. The third-order valence-corrected chi connectivity index (χ3v) is 5.56. The number of aromatic nitrogens is 2. The Morgan fingerprint density at radius 1 is 1.12 bits per heavy atom. The number of piperidine rings is 1. The van der Waals surface area contributed by atoms with Gasteiger partial charge in [-0.3, -0.25) is 21.3 Å². The smallest absolute Gasteiger partial charge is 0.270 e. The van der Waals surface area contributed by atoms with Crippen molar-refractivity contribution < 1.29 is 36.0 Å². The number of allylic oxidation sites excluding steroid dienone is 1. The molecule has 1 unspecified atom stereocenters. The van der Waals surface area contributed by atoms with E-state index in [0.29, 0.717) is 30.5 Å². The van der Waals surface area contributed by atoms with Crippen LogP contribution in [0.25, 0.3) is 0 Å². The van der Waals surface area contributed by atoms with Crippen molar-refractivity contribution >= 4 is 11.6 Å². The van der Waals surface area contributed by atoms with Gasteiger partial charge in [0.05, 0.1) is 16.2 Å². The molecule has 1 fully saturated rings. The number of carbonyl (C=O) groups excluding carboxylic acids is 1. The van der Waals surface area contributed by atoms with Gasteiger partial charge in [0.15, 0.2) is 5.82 Å². The Kier molecular flexibility index (Phi) is 20.2. The van der Waals surface area contributed by atoms with Crippen LogP contribution in [0.4, 0.5) is 0 Å². The number of nitrogens with zero attached hydrogens (tertiary/aromatic N) is 8. The molecule has 0 spiro atoms. The highest BCUT2D eigenvalue weighted by Gasteiger charge is 2.31. The highest BCUT2D eigenvalue weighted by atomic mass is 17.2. The summed E-state index contributed by atoms with van der Waals surface area (Å²) in [6.45, 7) is 12.9. The quantitative estimate of drug-likeness (QED) is 0.125. The molecule has 3 heterocycles. The van der Waals surface area contributed by atoms with Crippen molar-refractivity contribution in [1.29, 1.82) is 0 Å². The first-order valence-corrected chi connectivity index (χ1v) is 14.3. The summed E-state index contributed by atoms with van der Waals surface area (Å²) in [6.07, 6.45) is 4.11. The molecule has 1 atom stereocenters. The van der Waals surface area contributed by atoms with Crippen LogP contribution in [0.2, 0.25) is 0 Å². The second kappa shape index (κ2) is 24.6. The van der Waals surface area contributed by atoms with Crippen molar-refractivity contribution in [3.05, 3.63) is 29.2 Å². The molecule has 1 saturated heterocycles. The second-order valence-corrected chi connectivity index (χ2v) is 9.62. The van der Waals surface area contributed by atoms with Gasteiger partial charge in [0.1, 0.15) is 5.71 Å². The molecule has 0 radical (unpaired) electrons. The molecule has 1 amide bonds. The normalized spacial score (nSPS) is 14.2. The summed E-state index contributed by atoms with van der Waals surface area (Å²) in [6, 6.07) is 0. The van der Waals surface area contributed by atoms with E-state index in [1.54, 1.807) is 13.8 Å². The van der Waals surface area contributed by atoms with Crippen LogP contribution in [0.1, 0.15) is 82.4 Å². The molecule has 0 aliphatic carbocycles. The van der Waals surface area contributed by atoms with Gasteiger partial charge in [0.2, 0.25) is 16.3 Å². The third kappa shape index (κ3) is 17.6. The van der Waals surface area contributed by atoms with Crippen LogP contribution >= 0.6 is 0 Å². The van der Waals surface area contributed by atoms with Crippen LogP contribution < -0.4 is 11.3 Å². The summed E-state index contributed by atoms with van der Waals surface area (Å²) in [7, 11) is 0. The molecule has 2 aliphatic heterocycles. The molecule has 15 heteroatoms. The lowest BCUT2D eigenvalue weighted by Crippen LogP contribution is -2.44. The van der Waals surface area contributed by atoms with Gasteiger partial charge >= 0.3 is 0 Å². The summed E-state index contributed by atoms with van der Waals surface area (Å²) >= 11 is 0. The number of amides is 1. The zero-order chi connectivity index (χ0) is 35.4. The van der Waals surface area contributed by atoms with Crippen molar-refractivity contribution in [1.82, 2.24) is 20.5 Å². The van der Waals surface area contributed by atoms with Crippen molar-refractivity contribution in [2.24, 2.45) is 32.5 Å². The fourth-order valence-corrected chi connectivity index (χ4v) is 3.62. The number of nitrogens with two attached hydrogens (primary N) is 1. The van der Waals surface area contributed by atoms with E-state index in [1.807, 2.05) is 4.90 Å². The maximum atomic E-state index is 12.6. The summed E-state index contributed by atoms with van der Waals surface area (Å²) < 4.78 is 5.44. The maximum absolute atomic E-state index is 12.6. The lowest BCUT2D eigenvalue weighted by molar-refractivity contribution is -0.873. The molecule has 1 aromatic rings. The van der Waals surface area contributed by atoms with Gasteiger partial charge < -0.3 is 19.6 Å². The largest absolute Gasteiger partial charge is 0.339 e. The predicted molar refractivity (Wildman–Crippen MR) is 192 cm³/mol. The molecule has 0 aromatic carbocycles. The minimum absolute atomic E-state index is 0. The van der Waals surface area contributed by atoms with Gasteiger partial charge in [-0.2, -0.15) is 10.1 Å². The van der Waals surface area contributed by atoms with Gasteiger partial charge in [-0.1, -0.05) is 37.4 Å². The second-order valence-electron chi connectivity index (χ2n) is 9.62. The number of likely N-dealkylation sites (tertiary alicyclic amines) is 1. The number of carbonyl (C=O) groups is 1. The molecule has 3 rings (SSSR count). The van der Waals surface area contributed by atoms with E-state index in [4.69, 9.17) is 9.78 Å². The highest BCUT2D eigenvalue weighted by Crippen LogP contribution is 2.26. The summed E-state index contributed by atoms with van der Waals surface area (Å²) in [5, 5.41) is 32.4. The van der Waals surface area contributed by atoms with E-state index in [9.17, 15) is 10.0 Å². The fourth-order valence-electron chi connectivity index (χ4n) is 3.62. The van der Waals surface area contributed by atoms with Crippen LogP contribution in [0, 0.1) is 94.0 Å². The van der Waals surface area contributed by atoms with E-state index in [0.717, 1.165) is 43.7 Å². The summed E-state index contributed by atoms with van der Waals surface area (Å²) in [4.78, 5) is 22.0. The Balaban J connectivity index is -0.000000107. The third-order valence-electron chi connectivity index (χ3n) is 5.56. The SMILES string of the molecule is C=C1CCC(C(=O)N2CCCC(c3nc(CC(C)C)no3)C2)=NN1.CC#CC#CC#CC#CC#CC#CC#CC.NN=NN=[N+]([O-])OO.[HH].[HH].[HH].[HH].[HH].[HH].[HH].[HH]. The zero-order valence-corrected chi connectivity index (χ0v) is 27.0. The van der Waals surface area contributed by atoms with E-state index < -0.39 is 5.02 Å². The van der Waals surface area contributed by atoms with Gasteiger partial charge in [0.25, 0.3) is 5.91 Å². The van der Waals surface area contributed by atoms with E-state index in [-0.39, 0.29) is 23.2 Å². The first-order valence-electron chi connectivity index (χ1n) is 14.3. The minimum atomic E-state index is -0.573. The Bertz CT molecular complexity index is 1770. The lowest BCUT2D eigenvalue weighted by Gasteiger charge is -2.31. The monoisotopic (exact) mass is 666 g/mol. The van der Waals surface area contributed by atoms with Crippen LogP contribution in [0.3, 0.4) is 0 Å². The summed E-state index contributed by atoms with van der Waals surface area (Å²) in [5.74, 6) is 42.0. The van der Waals surface area contributed by atoms with Gasteiger partial charge in [-0.25, -0.2) is 0 Å². The van der Waals surface area contributed by atoms with Crippen molar-refractivity contribution in [2.75, 3.05) is 13.1 Å².